The van der Waals surface area contributed by atoms with Gasteiger partial charge in [-0.25, -0.2) is 0 Å². The van der Waals surface area contributed by atoms with Gasteiger partial charge in [-0.1, -0.05) is 19.4 Å². The van der Waals surface area contributed by atoms with Crippen LogP contribution < -0.4 is 0 Å². The molecule has 0 unspecified atom stereocenters. The summed E-state index contributed by atoms with van der Waals surface area (Å²) in [6.45, 7) is 2.28. The van der Waals surface area contributed by atoms with E-state index in [1.807, 2.05) is 18.5 Å². The van der Waals surface area contributed by atoms with Crippen molar-refractivity contribution < 1.29 is 0 Å². The van der Waals surface area contributed by atoms with Crippen molar-refractivity contribution in [1.82, 2.24) is 4.98 Å². The van der Waals surface area contributed by atoms with Crippen molar-refractivity contribution in [3.8, 4) is 0 Å². The van der Waals surface area contributed by atoms with E-state index in [9.17, 15) is 0 Å². The number of pyridine rings is 1. The van der Waals surface area contributed by atoms with E-state index in [4.69, 9.17) is 0 Å². The molecular weight excluding hydrogens is 146 g/mol. The molecule has 1 aromatic rings. The van der Waals surface area contributed by atoms with Crippen LogP contribution in [0.5, 0.6) is 0 Å². The SMILES string of the molecule is CCC1(c2cccnc2)CCC1. The van der Waals surface area contributed by atoms with Crippen molar-refractivity contribution in [1.29, 1.82) is 0 Å². The topological polar surface area (TPSA) is 12.9 Å². The molecule has 1 fully saturated rings. The highest BCUT2D eigenvalue weighted by Crippen LogP contribution is 2.45. The molecule has 0 bridgehead atoms. The fourth-order valence-corrected chi connectivity index (χ4v) is 2.13. The third-order valence-electron chi connectivity index (χ3n) is 3.26. The van der Waals surface area contributed by atoms with Crippen molar-refractivity contribution in [2.24, 2.45) is 0 Å². The van der Waals surface area contributed by atoms with Gasteiger partial charge in [0.2, 0.25) is 0 Å². The Hall–Kier alpha value is -0.850. The first-order chi connectivity index (χ1) is 5.87. The van der Waals surface area contributed by atoms with E-state index < -0.39 is 0 Å². The first kappa shape index (κ1) is 7.78. The molecule has 0 amide bonds. The van der Waals surface area contributed by atoms with Gasteiger partial charge in [-0.15, -0.1) is 0 Å². The molecule has 1 heterocycles. The van der Waals surface area contributed by atoms with Crippen LogP contribution in [0.3, 0.4) is 0 Å². The molecule has 1 aromatic heterocycles. The quantitative estimate of drug-likeness (QED) is 0.650. The van der Waals surface area contributed by atoms with Gasteiger partial charge in [-0.3, -0.25) is 4.98 Å². The minimum absolute atomic E-state index is 0.494. The number of hydrogen-bond acceptors (Lipinski definition) is 1. The lowest BCUT2D eigenvalue weighted by Gasteiger charge is -2.41. The molecule has 0 aromatic carbocycles. The van der Waals surface area contributed by atoms with E-state index in [1.165, 1.54) is 31.2 Å². The summed E-state index contributed by atoms with van der Waals surface area (Å²) in [6, 6.07) is 4.26. The number of aromatic nitrogens is 1. The van der Waals surface area contributed by atoms with Gasteiger partial charge in [0, 0.05) is 12.4 Å². The van der Waals surface area contributed by atoms with E-state index in [0.29, 0.717) is 5.41 Å². The monoisotopic (exact) mass is 161 g/mol. The third kappa shape index (κ3) is 1.04. The van der Waals surface area contributed by atoms with Gasteiger partial charge in [0.25, 0.3) is 0 Å². The van der Waals surface area contributed by atoms with Crippen LogP contribution in [0.25, 0.3) is 0 Å². The second-order valence-electron chi connectivity index (χ2n) is 3.73. The Morgan fingerprint density at radius 2 is 2.33 bits per heavy atom. The standard InChI is InChI=1S/C11H15N/c1-2-11(6-4-7-11)10-5-3-8-12-9-10/h3,5,8-9H,2,4,6-7H2,1H3. The zero-order chi connectivity index (χ0) is 8.44. The van der Waals surface area contributed by atoms with Crippen LogP contribution in [0.1, 0.15) is 38.2 Å². The summed E-state index contributed by atoms with van der Waals surface area (Å²) < 4.78 is 0. The summed E-state index contributed by atoms with van der Waals surface area (Å²) in [7, 11) is 0. The average molecular weight is 161 g/mol. The summed E-state index contributed by atoms with van der Waals surface area (Å²) in [5.74, 6) is 0. The molecule has 1 aliphatic rings. The number of hydrogen-bond donors (Lipinski definition) is 0. The molecule has 1 nitrogen and oxygen atoms in total. The van der Waals surface area contributed by atoms with Gasteiger partial charge in [0.1, 0.15) is 0 Å². The Balaban J connectivity index is 2.28. The van der Waals surface area contributed by atoms with E-state index in [-0.39, 0.29) is 0 Å². The lowest BCUT2D eigenvalue weighted by molar-refractivity contribution is 0.234. The largest absolute Gasteiger partial charge is 0.264 e. The van der Waals surface area contributed by atoms with E-state index >= 15 is 0 Å². The molecular formula is C11H15N. The van der Waals surface area contributed by atoms with Gasteiger partial charge < -0.3 is 0 Å². The van der Waals surface area contributed by atoms with Crippen molar-refractivity contribution >= 4 is 0 Å². The summed E-state index contributed by atoms with van der Waals surface area (Å²) >= 11 is 0. The van der Waals surface area contributed by atoms with E-state index in [2.05, 4.69) is 18.0 Å². The molecule has 1 saturated carbocycles. The summed E-state index contributed by atoms with van der Waals surface area (Å²) in [4.78, 5) is 4.18. The molecule has 1 heteroatoms. The fourth-order valence-electron chi connectivity index (χ4n) is 2.13. The van der Waals surface area contributed by atoms with Gasteiger partial charge in [-0.2, -0.15) is 0 Å². The van der Waals surface area contributed by atoms with Crippen molar-refractivity contribution in [3.63, 3.8) is 0 Å². The number of rotatable bonds is 2. The van der Waals surface area contributed by atoms with Crippen LogP contribution in [0.2, 0.25) is 0 Å². The lowest BCUT2D eigenvalue weighted by Crippen LogP contribution is -2.33. The average Bonchev–Trinajstić information content (AvgIpc) is 2.05. The zero-order valence-corrected chi connectivity index (χ0v) is 7.59. The Bertz CT molecular complexity index is 243. The predicted molar refractivity (Wildman–Crippen MR) is 50.1 cm³/mol. The molecule has 0 radical (unpaired) electrons. The van der Waals surface area contributed by atoms with Gasteiger partial charge >= 0.3 is 0 Å². The van der Waals surface area contributed by atoms with Crippen molar-refractivity contribution in [2.45, 2.75) is 38.0 Å². The molecule has 0 atom stereocenters. The Kier molecular flexibility index (Phi) is 1.87. The second-order valence-corrected chi connectivity index (χ2v) is 3.73. The molecule has 0 N–H and O–H groups in total. The lowest BCUT2D eigenvalue weighted by atomic mass is 9.63. The minimum Gasteiger partial charge on any atom is -0.264 e. The normalized spacial score (nSPS) is 20.1. The highest BCUT2D eigenvalue weighted by atomic mass is 14.6. The smallest absolute Gasteiger partial charge is 0.0305 e. The highest BCUT2D eigenvalue weighted by Gasteiger charge is 2.36. The number of nitrogens with zero attached hydrogens (tertiary/aromatic N) is 1. The Morgan fingerprint density at radius 1 is 1.50 bits per heavy atom. The van der Waals surface area contributed by atoms with Crippen molar-refractivity contribution in [3.05, 3.63) is 30.1 Å². The van der Waals surface area contributed by atoms with E-state index in [0.717, 1.165) is 0 Å². The van der Waals surface area contributed by atoms with Crippen LogP contribution >= 0.6 is 0 Å². The Labute approximate surface area is 73.8 Å². The first-order valence-electron chi connectivity index (χ1n) is 4.78. The molecule has 2 rings (SSSR count). The van der Waals surface area contributed by atoms with Crippen LogP contribution in [0.4, 0.5) is 0 Å². The minimum atomic E-state index is 0.494. The predicted octanol–water partition coefficient (Wildman–Crippen LogP) is 2.91. The maximum Gasteiger partial charge on any atom is 0.0305 e. The fraction of sp³-hybridized carbons (Fsp3) is 0.545. The van der Waals surface area contributed by atoms with E-state index in [1.54, 1.807) is 0 Å². The van der Waals surface area contributed by atoms with Gasteiger partial charge in [0.05, 0.1) is 0 Å². The summed E-state index contributed by atoms with van der Waals surface area (Å²) in [6.07, 6.45) is 9.25. The van der Waals surface area contributed by atoms with Crippen LogP contribution in [0, 0.1) is 0 Å². The zero-order valence-electron chi connectivity index (χ0n) is 7.59. The third-order valence-corrected chi connectivity index (χ3v) is 3.26. The van der Waals surface area contributed by atoms with Crippen LogP contribution in [0.15, 0.2) is 24.5 Å². The maximum atomic E-state index is 4.18. The van der Waals surface area contributed by atoms with Crippen LogP contribution in [-0.4, -0.2) is 4.98 Å². The summed E-state index contributed by atoms with van der Waals surface area (Å²) in [5, 5.41) is 0. The molecule has 0 aliphatic heterocycles. The molecule has 0 spiro atoms. The van der Waals surface area contributed by atoms with Gasteiger partial charge in [-0.05, 0) is 36.3 Å². The molecule has 64 valence electrons. The molecule has 1 aliphatic carbocycles. The molecule has 12 heavy (non-hydrogen) atoms. The summed E-state index contributed by atoms with van der Waals surface area (Å²) in [5.41, 5.74) is 1.94. The second kappa shape index (κ2) is 2.89. The van der Waals surface area contributed by atoms with Gasteiger partial charge in [0.15, 0.2) is 0 Å². The maximum absolute atomic E-state index is 4.18. The highest BCUT2D eigenvalue weighted by molar-refractivity contribution is 5.24. The Morgan fingerprint density at radius 3 is 2.75 bits per heavy atom. The van der Waals surface area contributed by atoms with Crippen molar-refractivity contribution in [2.75, 3.05) is 0 Å². The van der Waals surface area contributed by atoms with Crippen LogP contribution in [-0.2, 0) is 5.41 Å². The molecule has 0 saturated heterocycles. The first-order valence-corrected chi connectivity index (χ1v) is 4.78.